The monoisotopic (exact) mass is 201 g/mol. The van der Waals surface area contributed by atoms with E-state index >= 15 is 0 Å². The molecule has 0 aromatic carbocycles. The SMILES string of the molecule is CCCC(O)CCCCNC(C)(C)C. The van der Waals surface area contributed by atoms with E-state index in [9.17, 15) is 5.11 Å². The third kappa shape index (κ3) is 10.0. The van der Waals surface area contributed by atoms with Crippen molar-refractivity contribution >= 4 is 0 Å². The summed E-state index contributed by atoms with van der Waals surface area (Å²) in [5.74, 6) is 0. The Kier molecular flexibility index (Phi) is 7.20. The minimum absolute atomic E-state index is 0.0744. The molecule has 0 radical (unpaired) electrons. The van der Waals surface area contributed by atoms with Crippen LogP contribution in [0.3, 0.4) is 0 Å². The number of unbranched alkanes of at least 4 members (excludes halogenated alkanes) is 1. The van der Waals surface area contributed by atoms with Crippen LogP contribution in [0.25, 0.3) is 0 Å². The van der Waals surface area contributed by atoms with Gasteiger partial charge >= 0.3 is 0 Å². The largest absolute Gasteiger partial charge is 0.393 e. The van der Waals surface area contributed by atoms with Crippen LogP contribution in [0.5, 0.6) is 0 Å². The average Bonchev–Trinajstić information content (AvgIpc) is 2.02. The third-order valence-electron chi connectivity index (χ3n) is 2.24. The molecule has 2 nitrogen and oxygen atoms in total. The number of hydrogen-bond acceptors (Lipinski definition) is 2. The molecule has 0 spiro atoms. The Hall–Kier alpha value is -0.0800. The topological polar surface area (TPSA) is 32.3 Å². The molecule has 0 rings (SSSR count). The Morgan fingerprint density at radius 2 is 1.79 bits per heavy atom. The Morgan fingerprint density at radius 1 is 1.14 bits per heavy atom. The van der Waals surface area contributed by atoms with Gasteiger partial charge in [0, 0.05) is 5.54 Å². The summed E-state index contributed by atoms with van der Waals surface area (Å²) in [5, 5.41) is 12.9. The Labute approximate surface area is 89.1 Å². The van der Waals surface area contributed by atoms with Crippen LogP contribution in [0.2, 0.25) is 0 Å². The van der Waals surface area contributed by atoms with Crippen LogP contribution >= 0.6 is 0 Å². The van der Waals surface area contributed by atoms with E-state index in [0.29, 0.717) is 0 Å². The molecule has 1 unspecified atom stereocenters. The van der Waals surface area contributed by atoms with Crippen molar-refractivity contribution in [3.05, 3.63) is 0 Å². The van der Waals surface area contributed by atoms with E-state index in [0.717, 1.165) is 38.6 Å². The maximum atomic E-state index is 9.49. The molecule has 0 fully saturated rings. The van der Waals surface area contributed by atoms with Crippen LogP contribution in [-0.4, -0.2) is 23.3 Å². The summed E-state index contributed by atoms with van der Waals surface area (Å²) in [6.07, 6.45) is 5.21. The van der Waals surface area contributed by atoms with Gasteiger partial charge in [-0.25, -0.2) is 0 Å². The maximum absolute atomic E-state index is 9.49. The lowest BCUT2D eigenvalue weighted by atomic mass is 10.1. The van der Waals surface area contributed by atoms with Gasteiger partial charge in [-0.3, -0.25) is 0 Å². The second-order valence-corrected chi connectivity index (χ2v) is 5.12. The molecule has 0 saturated carbocycles. The van der Waals surface area contributed by atoms with Gasteiger partial charge in [0.2, 0.25) is 0 Å². The minimum Gasteiger partial charge on any atom is -0.393 e. The van der Waals surface area contributed by atoms with Crippen molar-refractivity contribution in [3.63, 3.8) is 0 Å². The zero-order valence-electron chi connectivity index (χ0n) is 10.3. The summed E-state index contributed by atoms with van der Waals surface area (Å²) >= 11 is 0. The maximum Gasteiger partial charge on any atom is 0.0540 e. The van der Waals surface area contributed by atoms with E-state index in [1.54, 1.807) is 0 Å². The predicted molar refractivity (Wildman–Crippen MR) is 62.5 cm³/mol. The molecule has 0 bridgehead atoms. The molecular weight excluding hydrogens is 174 g/mol. The van der Waals surface area contributed by atoms with Crippen molar-refractivity contribution in [2.75, 3.05) is 6.54 Å². The normalized spacial score (nSPS) is 14.4. The van der Waals surface area contributed by atoms with Crippen LogP contribution in [0, 0.1) is 0 Å². The van der Waals surface area contributed by atoms with Gasteiger partial charge in [0.15, 0.2) is 0 Å². The standard InChI is InChI=1S/C12H27NO/c1-5-8-11(14)9-6-7-10-13-12(2,3)4/h11,13-14H,5-10H2,1-4H3. The van der Waals surface area contributed by atoms with E-state index in [1.807, 2.05) is 0 Å². The Morgan fingerprint density at radius 3 is 2.29 bits per heavy atom. The van der Waals surface area contributed by atoms with Crippen molar-refractivity contribution in [3.8, 4) is 0 Å². The fourth-order valence-corrected chi connectivity index (χ4v) is 1.45. The third-order valence-corrected chi connectivity index (χ3v) is 2.24. The van der Waals surface area contributed by atoms with E-state index in [2.05, 4.69) is 33.0 Å². The van der Waals surface area contributed by atoms with Gasteiger partial charge in [-0.15, -0.1) is 0 Å². The lowest BCUT2D eigenvalue weighted by Crippen LogP contribution is -2.36. The van der Waals surface area contributed by atoms with E-state index in [1.165, 1.54) is 0 Å². The highest BCUT2D eigenvalue weighted by Gasteiger charge is 2.07. The van der Waals surface area contributed by atoms with Crippen LogP contribution in [0.15, 0.2) is 0 Å². The predicted octanol–water partition coefficient (Wildman–Crippen LogP) is 2.71. The molecule has 14 heavy (non-hydrogen) atoms. The van der Waals surface area contributed by atoms with Gasteiger partial charge in [0.05, 0.1) is 6.10 Å². The number of aliphatic hydroxyl groups is 1. The molecule has 1 atom stereocenters. The molecule has 0 heterocycles. The van der Waals surface area contributed by atoms with E-state index < -0.39 is 0 Å². The van der Waals surface area contributed by atoms with Crippen LogP contribution in [0.4, 0.5) is 0 Å². The first kappa shape index (κ1) is 13.9. The quantitative estimate of drug-likeness (QED) is 0.621. The molecule has 0 aromatic rings. The highest BCUT2D eigenvalue weighted by molar-refractivity contribution is 4.69. The van der Waals surface area contributed by atoms with E-state index in [4.69, 9.17) is 0 Å². The fourth-order valence-electron chi connectivity index (χ4n) is 1.45. The first-order valence-electron chi connectivity index (χ1n) is 5.89. The molecule has 0 aliphatic rings. The minimum atomic E-state index is -0.0744. The zero-order chi connectivity index (χ0) is 11.0. The van der Waals surface area contributed by atoms with Crippen molar-refractivity contribution in [1.82, 2.24) is 5.32 Å². The van der Waals surface area contributed by atoms with Crippen molar-refractivity contribution in [2.45, 2.75) is 71.4 Å². The molecule has 2 N–H and O–H groups in total. The molecule has 0 aromatic heterocycles. The van der Waals surface area contributed by atoms with Crippen LogP contribution in [-0.2, 0) is 0 Å². The summed E-state index contributed by atoms with van der Waals surface area (Å²) in [5.41, 5.74) is 0.224. The lowest BCUT2D eigenvalue weighted by Gasteiger charge is -2.20. The molecule has 0 saturated heterocycles. The summed E-state index contributed by atoms with van der Waals surface area (Å²) in [6.45, 7) is 9.71. The van der Waals surface area contributed by atoms with Crippen LogP contribution < -0.4 is 5.32 Å². The van der Waals surface area contributed by atoms with Crippen molar-refractivity contribution in [1.29, 1.82) is 0 Å². The summed E-state index contributed by atoms with van der Waals surface area (Å²) < 4.78 is 0. The fraction of sp³-hybridized carbons (Fsp3) is 1.00. The van der Waals surface area contributed by atoms with Gasteiger partial charge in [-0.1, -0.05) is 13.3 Å². The molecule has 86 valence electrons. The van der Waals surface area contributed by atoms with Gasteiger partial charge in [-0.05, 0) is 53.0 Å². The molecule has 0 amide bonds. The van der Waals surface area contributed by atoms with Crippen LogP contribution in [0.1, 0.15) is 59.8 Å². The number of nitrogens with one attached hydrogen (secondary N) is 1. The summed E-state index contributed by atoms with van der Waals surface area (Å²) in [4.78, 5) is 0. The van der Waals surface area contributed by atoms with Gasteiger partial charge in [-0.2, -0.15) is 0 Å². The molecule has 0 aliphatic carbocycles. The zero-order valence-corrected chi connectivity index (χ0v) is 10.3. The molecular formula is C12H27NO. The number of hydrogen-bond donors (Lipinski definition) is 2. The first-order valence-corrected chi connectivity index (χ1v) is 5.89. The average molecular weight is 201 g/mol. The summed E-state index contributed by atoms with van der Waals surface area (Å²) in [7, 11) is 0. The smallest absolute Gasteiger partial charge is 0.0540 e. The Balaban J connectivity index is 3.21. The molecule has 0 aliphatic heterocycles. The second kappa shape index (κ2) is 7.24. The second-order valence-electron chi connectivity index (χ2n) is 5.12. The van der Waals surface area contributed by atoms with Gasteiger partial charge in [0.1, 0.15) is 0 Å². The first-order chi connectivity index (χ1) is 6.45. The van der Waals surface area contributed by atoms with Crippen molar-refractivity contribution in [2.24, 2.45) is 0 Å². The van der Waals surface area contributed by atoms with Crippen molar-refractivity contribution < 1.29 is 5.11 Å². The Bertz CT molecular complexity index is 129. The summed E-state index contributed by atoms with van der Waals surface area (Å²) in [6, 6.07) is 0. The number of rotatable bonds is 7. The van der Waals surface area contributed by atoms with Gasteiger partial charge in [0.25, 0.3) is 0 Å². The number of aliphatic hydroxyl groups excluding tert-OH is 1. The lowest BCUT2D eigenvalue weighted by molar-refractivity contribution is 0.150. The van der Waals surface area contributed by atoms with E-state index in [-0.39, 0.29) is 11.6 Å². The van der Waals surface area contributed by atoms with Gasteiger partial charge < -0.3 is 10.4 Å². The molecule has 2 heteroatoms. The highest BCUT2D eigenvalue weighted by Crippen LogP contribution is 2.06. The highest BCUT2D eigenvalue weighted by atomic mass is 16.3.